The molecular formula is C3H8N. The van der Waals surface area contributed by atoms with Crippen molar-refractivity contribution in [1.29, 1.82) is 0 Å². The fourth-order valence-electron chi connectivity index (χ4n) is 0. The van der Waals surface area contributed by atoms with Crippen LogP contribution in [-0.4, -0.2) is 7.05 Å². The lowest BCUT2D eigenvalue weighted by molar-refractivity contribution is 0.984. The molecule has 0 spiro atoms. The molecule has 0 rings (SSSR count). The second-order valence-electron chi connectivity index (χ2n) is 0.577. The van der Waals surface area contributed by atoms with Crippen molar-refractivity contribution >= 4 is 0 Å². The van der Waals surface area contributed by atoms with Gasteiger partial charge in [-0.15, -0.1) is 0 Å². The predicted molar refractivity (Wildman–Crippen MR) is 19.0 cm³/mol. The van der Waals surface area contributed by atoms with E-state index in [0.29, 0.717) is 0 Å². The van der Waals surface area contributed by atoms with Crippen LogP contribution in [0.15, 0.2) is 0 Å². The molecule has 4 heavy (non-hydrogen) atoms. The first-order valence-electron chi connectivity index (χ1n) is 1.37. The van der Waals surface area contributed by atoms with Crippen molar-refractivity contribution in [3.05, 3.63) is 6.54 Å². The van der Waals surface area contributed by atoms with Gasteiger partial charge in [-0.1, -0.05) is 0 Å². The maximum Gasteiger partial charge on any atom is 0.0187 e. The number of nitrogens with one attached hydrogen (secondary N) is 1. The van der Waals surface area contributed by atoms with Gasteiger partial charge in [0, 0.05) is 6.54 Å². The Labute approximate surface area is 27.0 Å². The summed E-state index contributed by atoms with van der Waals surface area (Å²) in [4.78, 5) is 0. The lowest BCUT2D eigenvalue weighted by Gasteiger charge is -1.74. The van der Waals surface area contributed by atoms with Crippen molar-refractivity contribution in [2.24, 2.45) is 0 Å². The average molecular weight is 58.1 g/mol. The van der Waals surface area contributed by atoms with E-state index in [4.69, 9.17) is 0 Å². The summed E-state index contributed by atoms with van der Waals surface area (Å²) < 4.78 is 0. The highest BCUT2D eigenvalue weighted by molar-refractivity contribution is 4.39. The Morgan fingerprint density at radius 2 is 2.00 bits per heavy atom. The molecular weight excluding hydrogens is 50.0 g/mol. The molecule has 0 atom stereocenters. The molecule has 0 amide bonds. The second kappa shape index (κ2) is 2.96. The highest BCUT2D eigenvalue weighted by Gasteiger charge is 1.51. The van der Waals surface area contributed by atoms with Gasteiger partial charge in [-0.25, -0.2) is 0 Å². The summed E-state index contributed by atoms with van der Waals surface area (Å²) in [7, 11) is 1.88. The van der Waals surface area contributed by atoms with Crippen LogP contribution < -0.4 is 5.32 Å². The maximum atomic E-state index is 2.81. The van der Waals surface area contributed by atoms with Gasteiger partial charge in [-0.3, -0.25) is 0 Å². The van der Waals surface area contributed by atoms with Gasteiger partial charge in [-0.2, -0.15) is 0 Å². The van der Waals surface area contributed by atoms with Crippen LogP contribution in [0.5, 0.6) is 0 Å². The maximum absolute atomic E-state index is 2.81. The summed E-state index contributed by atoms with van der Waals surface area (Å²) in [6, 6.07) is 0. The van der Waals surface area contributed by atoms with Crippen LogP contribution in [0.4, 0.5) is 0 Å². The molecule has 0 saturated carbocycles. The first-order chi connectivity index (χ1) is 1.91. The topological polar surface area (TPSA) is 12.0 Å². The lowest BCUT2D eigenvalue weighted by atomic mass is 10.8. The summed E-state index contributed by atoms with van der Waals surface area (Å²) in [6.45, 7) is 3.82. The third kappa shape index (κ3) is 1.96. The number of hydrogen-bond acceptors (Lipinski definition) is 1. The summed E-state index contributed by atoms with van der Waals surface area (Å²) in [5.41, 5.74) is 0. The van der Waals surface area contributed by atoms with Gasteiger partial charge in [0.15, 0.2) is 0 Å². The first kappa shape index (κ1) is 3.96. The van der Waals surface area contributed by atoms with E-state index in [9.17, 15) is 0 Å². The van der Waals surface area contributed by atoms with Crippen molar-refractivity contribution in [3.8, 4) is 0 Å². The summed E-state index contributed by atoms with van der Waals surface area (Å²) >= 11 is 0. The lowest BCUT2D eigenvalue weighted by Crippen LogP contribution is -1.94. The molecule has 0 aromatic heterocycles. The highest BCUT2D eigenvalue weighted by Crippen LogP contribution is 1.47. The molecule has 0 heterocycles. The smallest absolute Gasteiger partial charge is 0.0187 e. The van der Waals surface area contributed by atoms with E-state index < -0.39 is 0 Å². The van der Waals surface area contributed by atoms with Gasteiger partial charge in [0.2, 0.25) is 0 Å². The van der Waals surface area contributed by atoms with Crippen LogP contribution in [0.25, 0.3) is 0 Å². The van der Waals surface area contributed by atoms with Crippen LogP contribution in [-0.2, 0) is 0 Å². The summed E-state index contributed by atoms with van der Waals surface area (Å²) in [6.07, 6.45) is 0. The minimum Gasteiger partial charge on any atom is -0.316 e. The van der Waals surface area contributed by atoms with Gasteiger partial charge >= 0.3 is 0 Å². The van der Waals surface area contributed by atoms with Crippen molar-refractivity contribution in [3.63, 3.8) is 0 Å². The Morgan fingerprint density at radius 3 is 2.00 bits per heavy atom. The molecule has 0 aliphatic carbocycles. The van der Waals surface area contributed by atoms with E-state index in [1.165, 1.54) is 0 Å². The van der Waals surface area contributed by atoms with Crippen molar-refractivity contribution in [1.82, 2.24) is 5.32 Å². The van der Waals surface area contributed by atoms with E-state index in [0.717, 1.165) is 0 Å². The molecule has 1 radical (unpaired) electrons. The molecule has 1 heteroatoms. The third-order valence-corrected chi connectivity index (χ3v) is 0.289. The van der Waals surface area contributed by atoms with Crippen LogP contribution in [0.2, 0.25) is 0 Å². The van der Waals surface area contributed by atoms with E-state index in [1.807, 2.05) is 20.5 Å². The van der Waals surface area contributed by atoms with Crippen LogP contribution in [0.1, 0.15) is 6.92 Å². The molecule has 0 aliphatic rings. The molecule has 0 aromatic carbocycles. The zero-order chi connectivity index (χ0) is 3.41. The van der Waals surface area contributed by atoms with Gasteiger partial charge in [0.25, 0.3) is 0 Å². The number of hydrogen-bond donors (Lipinski definition) is 1. The Balaban J connectivity index is 1.97. The molecule has 1 nitrogen and oxygen atoms in total. The molecule has 0 bridgehead atoms. The quantitative estimate of drug-likeness (QED) is 0.460. The largest absolute Gasteiger partial charge is 0.316 e. The Morgan fingerprint density at radius 1 is 1.75 bits per heavy atom. The summed E-state index contributed by atoms with van der Waals surface area (Å²) in [5, 5.41) is 2.81. The molecule has 0 aromatic rings. The zero-order valence-electron chi connectivity index (χ0n) is 3.08. The second-order valence-corrected chi connectivity index (χ2v) is 0.577. The minimum absolute atomic E-state index is 1.88. The van der Waals surface area contributed by atoms with Crippen molar-refractivity contribution in [2.75, 3.05) is 7.05 Å². The van der Waals surface area contributed by atoms with Crippen molar-refractivity contribution in [2.45, 2.75) is 6.92 Å². The molecule has 0 aliphatic heterocycles. The van der Waals surface area contributed by atoms with Crippen LogP contribution in [0.3, 0.4) is 0 Å². The van der Waals surface area contributed by atoms with Crippen molar-refractivity contribution < 1.29 is 0 Å². The van der Waals surface area contributed by atoms with Crippen LogP contribution in [0, 0.1) is 6.54 Å². The number of rotatable bonds is 1. The van der Waals surface area contributed by atoms with Gasteiger partial charge in [0.05, 0.1) is 0 Å². The molecule has 0 fully saturated rings. The molecule has 0 unspecified atom stereocenters. The van der Waals surface area contributed by atoms with E-state index >= 15 is 0 Å². The minimum atomic E-state index is 1.88. The van der Waals surface area contributed by atoms with Gasteiger partial charge < -0.3 is 5.32 Å². The molecule has 0 saturated heterocycles. The first-order valence-corrected chi connectivity index (χ1v) is 1.37. The Bertz CT molecular complexity index is 5.25. The fourth-order valence-corrected chi connectivity index (χ4v) is 0. The average Bonchev–Trinajstić information content (AvgIpc) is 1.37. The van der Waals surface area contributed by atoms with Crippen LogP contribution >= 0.6 is 0 Å². The Hall–Kier alpha value is -0.0400. The zero-order valence-corrected chi connectivity index (χ0v) is 3.08. The standard InChI is InChI=1S/C3H8N/c1-3-4-2/h3-4H,1-2H3. The SMILES string of the molecule is C[CH]NC. The predicted octanol–water partition coefficient (Wildman–Crippen LogP) is 0.387. The monoisotopic (exact) mass is 58.1 g/mol. The third-order valence-electron chi connectivity index (χ3n) is 0.289. The molecule has 1 N–H and O–H groups in total. The van der Waals surface area contributed by atoms with Gasteiger partial charge in [-0.05, 0) is 14.0 Å². The normalized spacial score (nSPS) is 7.50. The molecule has 25 valence electrons. The van der Waals surface area contributed by atoms with Gasteiger partial charge in [0.1, 0.15) is 0 Å². The van der Waals surface area contributed by atoms with E-state index in [1.54, 1.807) is 0 Å². The highest BCUT2D eigenvalue weighted by atomic mass is 14.8. The Kier molecular flexibility index (Phi) is 2.93. The fraction of sp³-hybridized carbons (Fsp3) is 0.667. The van der Waals surface area contributed by atoms with E-state index in [-0.39, 0.29) is 0 Å². The van der Waals surface area contributed by atoms with E-state index in [2.05, 4.69) is 5.32 Å². The summed E-state index contributed by atoms with van der Waals surface area (Å²) in [5.74, 6) is 0.